The highest BCUT2D eigenvalue weighted by molar-refractivity contribution is 5.77. The van der Waals surface area contributed by atoms with Crippen LogP contribution in [0.25, 0.3) is 0 Å². The maximum absolute atomic E-state index is 12.9. The summed E-state index contributed by atoms with van der Waals surface area (Å²) in [5, 5.41) is 4.55. The molecule has 2 aliphatic rings. The lowest BCUT2D eigenvalue weighted by Crippen LogP contribution is -2.62. The van der Waals surface area contributed by atoms with Gasteiger partial charge in [-0.2, -0.15) is 5.10 Å². The van der Waals surface area contributed by atoms with Crippen LogP contribution in [0.2, 0.25) is 0 Å². The first kappa shape index (κ1) is 19.9. The number of aromatic nitrogens is 2. The van der Waals surface area contributed by atoms with Gasteiger partial charge in [0.15, 0.2) is 0 Å². The molecule has 3 heterocycles. The van der Waals surface area contributed by atoms with E-state index in [1.807, 2.05) is 28.5 Å². The molecule has 3 rings (SSSR count). The smallest absolute Gasteiger partial charge is 0.224 e. The van der Waals surface area contributed by atoms with Crippen LogP contribution in [0, 0.1) is 20.8 Å². The molecule has 0 radical (unpaired) electrons. The van der Waals surface area contributed by atoms with E-state index in [2.05, 4.69) is 30.9 Å². The fraction of sp³-hybridized carbons (Fsp3) is 0.750. The molecule has 1 spiro atoms. The summed E-state index contributed by atoms with van der Waals surface area (Å²) in [6.07, 6.45) is 2.78. The van der Waals surface area contributed by atoms with E-state index in [0.717, 1.165) is 50.4 Å². The summed E-state index contributed by atoms with van der Waals surface area (Å²) < 4.78 is 1.95. The van der Waals surface area contributed by atoms with E-state index in [0.29, 0.717) is 19.4 Å². The number of nitrogens with zero attached hydrogens (tertiary/aromatic N) is 5. The number of hydrogen-bond donors (Lipinski definition) is 0. The van der Waals surface area contributed by atoms with Crippen molar-refractivity contribution in [1.29, 1.82) is 0 Å². The minimum absolute atomic E-state index is 0.0802. The fourth-order valence-corrected chi connectivity index (χ4v) is 4.34. The molecule has 150 valence electrons. The minimum atomic E-state index is -0.0802. The van der Waals surface area contributed by atoms with Crippen LogP contribution in [0.1, 0.15) is 42.6 Å². The second kappa shape index (κ2) is 7.62. The van der Waals surface area contributed by atoms with Gasteiger partial charge in [0.05, 0.1) is 5.69 Å². The number of likely N-dealkylation sites (N-methyl/N-ethyl adjacent to an activating group) is 1. The van der Waals surface area contributed by atoms with Crippen molar-refractivity contribution in [3.05, 3.63) is 17.0 Å². The molecule has 7 nitrogen and oxygen atoms in total. The van der Waals surface area contributed by atoms with Gasteiger partial charge in [-0.15, -0.1) is 0 Å². The molecule has 2 fully saturated rings. The van der Waals surface area contributed by atoms with Crippen LogP contribution in [0.15, 0.2) is 0 Å². The predicted molar refractivity (Wildman–Crippen MR) is 104 cm³/mol. The standard InChI is InChI=1S/C20H33N5O2/c1-15-16(2)21-25(17(15)3)10-7-19(27)24-13-12-23(5)20(14-24)8-6-18(26)22(4)11-9-20/h6-14H2,1-5H3/t20-/m0/s1. The number of rotatable bonds is 3. The maximum atomic E-state index is 12.9. The first-order valence-corrected chi connectivity index (χ1v) is 9.97. The Bertz CT molecular complexity index is 728. The summed E-state index contributed by atoms with van der Waals surface area (Å²) in [4.78, 5) is 31.2. The number of amides is 2. The predicted octanol–water partition coefficient (Wildman–Crippen LogP) is 1.35. The van der Waals surface area contributed by atoms with E-state index in [1.54, 1.807) is 0 Å². The summed E-state index contributed by atoms with van der Waals surface area (Å²) in [5.74, 6) is 0.403. The van der Waals surface area contributed by atoms with Crippen molar-refractivity contribution in [3.8, 4) is 0 Å². The number of carbonyl (C=O) groups is 2. The Labute approximate surface area is 162 Å². The van der Waals surface area contributed by atoms with Crippen molar-refractivity contribution in [2.75, 3.05) is 40.3 Å². The average Bonchev–Trinajstić information content (AvgIpc) is 2.81. The molecule has 2 amide bonds. The van der Waals surface area contributed by atoms with Gasteiger partial charge in [0.25, 0.3) is 0 Å². The van der Waals surface area contributed by atoms with Crippen LogP contribution in [0.4, 0.5) is 0 Å². The fourth-order valence-electron chi connectivity index (χ4n) is 4.34. The van der Waals surface area contributed by atoms with Gasteiger partial charge in [0.1, 0.15) is 0 Å². The minimum Gasteiger partial charge on any atom is -0.346 e. The molecule has 1 atom stereocenters. The van der Waals surface area contributed by atoms with Crippen molar-refractivity contribution in [2.24, 2.45) is 0 Å². The van der Waals surface area contributed by atoms with Crippen molar-refractivity contribution >= 4 is 11.8 Å². The number of carbonyl (C=O) groups excluding carboxylic acids is 2. The third-order valence-electron chi connectivity index (χ3n) is 6.78. The summed E-state index contributed by atoms with van der Waals surface area (Å²) >= 11 is 0. The number of hydrogen-bond acceptors (Lipinski definition) is 4. The van der Waals surface area contributed by atoms with Gasteiger partial charge in [-0.1, -0.05) is 0 Å². The van der Waals surface area contributed by atoms with E-state index in [1.165, 1.54) is 5.56 Å². The summed E-state index contributed by atoms with van der Waals surface area (Å²) in [6.45, 7) is 9.87. The molecule has 0 bridgehead atoms. The molecular weight excluding hydrogens is 342 g/mol. The van der Waals surface area contributed by atoms with E-state index in [4.69, 9.17) is 0 Å². The van der Waals surface area contributed by atoms with E-state index in [9.17, 15) is 9.59 Å². The normalized spacial score (nSPS) is 24.6. The lowest BCUT2D eigenvalue weighted by molar-refractivity contribution is -0.137. The van der Waals surface area contributed by atoms with Gasteiger partial charge in [0, 0.05) is 63.8 Å². The van der Waals surface area contributed by atoms with Crippen molar-refractivity contribution in [1.82, 2.24) is 24.5 Å². The zero-order chi connectivity index (χ0) is 19.8. The number of likely N-dealkylation sites (tertiary alicyclic amines) is 1. The van der Waals surface area contributed by atoms with Gasteiger partial charge >= 0.3 is 0 Å². The van der Waals surface area contributed by atoms with Crippen LogP contribution in [0.5, 0.6) is 0 Å². The third kappa shape index (κ3) is 3.88. The summed E-state index contributed by atoms with van der Waals surface area (Å²) in [6, 6.07) is 0. The zero-order valence-corrected chi connectivity index (χ0v) is 17.4. The highest BCUT2D eigenvalue weighted by Crippen LogP contribution is 2.32. The second-order valence-electron chi connectivity index (χ2n) is 8.30. The van der Waals surface area contributed by atoms with Gasteiger partial charge in [-0.25, -0.2) is 0 Å². The topological polar surface area (TPSA) is 61.7 Å². The summed E-state index contributed by atoms with van der Waals surface area (Å²) in [5.41, 5.74) is 3.29. The maximum Gasteiger partial charge on any atom is 0.224 e. The van der Waals surface area contributed by atoms with Gasteiger partial charge in [-0.3, -0.25) is 19.2 Å². The number of piperazine rings is 1. The first-order chi connectivity index (χ1) is 12.7. The Morgan fingerprint density at radius 1 is 1.11 bits per heavy atom. The largest absolute Gasteiger partial charge is 0.346 e. The molecule has 2 saturated heterocycles. The van der Waals surface area contributed by atoms with Gasteiger partial charge in [-0.05, 0) is 46.2 Å². The first-order valence-electron chi connectivity index (χ1n) is 9.97. The molecule has 0 N–H and O–H groups in total. The molecule has 0 saturated carbocycles. The molecule has 1 aromatic heterocycles. The highest BCUT2D eigenvalue weighted by Gasteiger charge is 2.42. The third-order valence-corrected chi connectivity index (χ3v) is 6.78. The van der Waals surface area contributed by atoms with E-state index in [-0.39, 0.29) is 17.4 Å². The van der Waals surface area contributed by atoms with Gasteiger partial charge in [0.2, 0.25) is 11.8 Å². The molecule has 27 heavy (non-hydrogen) atoms. The lowest BCUT2D eigenvalue weighted by atomic mass is 9.86. The van der Waals surface area contributed by atoms with Crippen LogP contribution in [-0.4, -0.2) is 82.1 Å². The van der Waals surface area contributed by atoms with E-state index >= 15 is 0 Å². The van der Waals surface area contributed by atoms with Crippen molar-refractivity contribution in [3.63, 3.8) is 0 Å². The molecule has 0 aliphatic carbocycles. The Hall–Kier alpha value is -1.89. The average molecular weight is 376 g/mol. The molecular formula is C20H33N5O2. The number of aryl methyl sites for hydroxylation is 2. The highest BCUT2D eigenvalue weighted by atomic mass is 16.2. The van der Waals surface area contributed by atoms with Crippen molar-refractivity contribution < 1.29 is 9.59 Å². The lowest BCUT2D eigenvalue weighted by Gasteiger charge is -2.49. The van der Waals surface area contributed by atoms with Crippen LogP contribution >= 0.6 is 0 Å². The Kier molecular flexibility index (Phi) is 5.60. The SMILES string of the molecule is Cc1nn(CCC(=O)N2CCN(C)[C@]3(CCC(=O)N(C)CC3)C2)c(C)c1C. The van der Waals surface area contributed by atoms with Crippen LogP contribution in [0.3, 0.4) is 0 Å². The molecule has 0 unspecified atom stereocenters. The van der Waals surface area contributed by atoms with Gasteiger partial charge < -0.3 is 9.80 Å². The Morgan fingerprint density at radius 2 is 1.85 bits per heavy atom. The van der Waals surface area contributed by atoms with E-state index < -0.39 is 0 Å². The molecule has 1 aromatic rings. The van der Waals surface area contributed by atoms with Crippen molar-refractivity contribution in [2.45, 2.75) is 58.5 Å². The second-order valence-corrected chi connectivity index (χ2v) is 8.30. The molecule has 0 aromatic carbocycles. The quantitative estimate of drug-likeness (QED) is 0.800. The molecule has 2 aliphatic heterocycles. The summed E-state index contributed by atoms with van der Waals surface area (Å²) in [7, 11) is 4.01. The Balaban J connectivity index is 1.65. The molecule has 7 heteroatoms. The zero-order valence-electron chi connectivity index (χ0n) is 17.4. The Morgan fingerprint density at radius 3 is 2.52 bits per heavy atom. The van der Waals surface area contributed by atoms with Crippen LogP contribution in [-0.2, 0) is 16.1 Å². The monoisotopic (exact) mass is 375 g/mol. The van der Waals surface area contributed by atoms with Crippen LogP contribution < -0.4 is 0 Å².